The second-order valence-corrected chi connectivity index (χ2v) is 2.64. The van der Waals surface area contributed by atoms with Crippen molar-refractivity contribution in [3.63, 3.8) is 0 Å². The van der Waals surface area contributed by atoms with Gasteiger partial charge in [0.1, 0.15) is 0 Å². The highest BCUT2D eigenvalue weighted by atomic mass is 15.1. The number of nitrogens with zero attached hydrogens (tertiary/aromatic N) is 1. The first-order chi connectivity index (χ1) is 4.85. The number of unbranched alkanes of at least 4 members (excludes halogenated alkanes) is 1. The topological polar surface area (TPSA) is 3.24 Å². The summed E-state index contributed by atoms with van der Waals surface area (Å²) < 4.78 is 0. The second-order valence-electron chi connectivity index (χ2n) is 2.64. The summed E-state index contributed by atoms with van der Waals surface area (Å²) in [6.45, 7) is 11.9. The molecule has 0 unspecified atom stereocenters. The molecule has 0 amide bonds. The highest BCUT2D eigenvalue weighted by molar-refractivity contribution is 4.54. The number of rotatable bonds is 6. The summed E-state index contributed by atoms with van der Waals surface area (Å²) in [6, 6.07) is 0. The van der Waals surface area contributed by atoms with Crippen LogP contribution in [-0.4, -0.2) is 24.5 Å². The van der Waals surface area contributed by atoms with Gasteiger partial charge in [-0.3, -0.25) is 0 Å². The van der Waals surface area contributed by atoms with Crippen LogP contribution in [0.25, 0.3) is 0 Å². The molecule has 10 heavy (non-hydrogen) atoms. The van der Waals surface area contributed by atoms with E-state index in [1.165, 1.54) is 32.5 Å². The Hall–Kier alpha value is -0.0400. The summed E-state index contributed by atoms with van der Waals surface area (Å²) >= 11 is 0. The Bertz CT molecular complexity index is 61.7. The molecule has 0 fully saturated rings. The quantitative estimate of drug-likeness (QED) is 0.550. The maximum absolute atomic E-state index is 3.83. The van der Waals surface area contributed by atoms with Crippen LogP contribution in [0.1, 0.15) is 33.1 Å². The van der Waals surface area contributed by atoms with Crippen LogP contribution in [0.3, 0.4) is 0 Å². The molecule has 61 valence electrons. The van der Waals surface area contributed by atoms with Crippen LogP contribution in [0.4, 0.5) is 0 Å². The molecule has 0 aromatic heterocycles. The van der Waals surface area contributed by atoms with Crippen molar-refractivity contribution in [2.45, 2.75) is 33.1 Å². The van der Waals surface area contributed by atoms with Gasteiger partial charge in [0.15, 0.2) is 0 Å². The summed E-state index contributed by atoms with van der Waals surface area (Å²) in [4.78, 5) is 2.48. The lowest BCUT2D eigenvalue weighted by Gasteiger charge is -2.18. The molecule has 1 radical (unpaired) electrons. The van der Waals surface area contributed by atoms with E-state index in [0.717, 1.165) is 6.42 Å². The van der Waals surface area contributed by atoms with Crippen molar-refractivity contribution in [3.05, 3.63) is 6.92 Å². The van der Waals surface area contributed by atoms with E-state index in [-0.39, 0.29) is 0 Å². The average molecular weight is 142 g/mol. The molecule has 0 aromatic rings. The normalized spacial score (nSPS) is 10.8. The second kappa shape index (κ2) is 7.07. The molecule has 0 aromatic carbocycles. The predicted octanol–water partition coefficient (Wildman–Crippen LogP) is 2.33. The van der Waals surface area contributed by atoms with E-state index >= 15 is 0 Å². The van der Waals surface area contributed by atoms with Crippen LogP contribution in [0.2, 0.25) is 0 Å². The average Bonchev–Trinajstić information content (AvgIpc) is 1.98. The van der Waals surface area contributed by atoms with Gasteiger partial charge < -0.3 is 4.90 Å². The van der Waals surface area contributed by atoms with Crippen LogP contribution < -0.4 is 0 Å². The van der Waals surface area contributed by atoms with Crippen molar-refractivity contribution < 1.29 is 0 Å². The Kier molecular flexibility index (Phi) is 7.04. The minimum atomic E-state index is 1.07. The first kappa shape index (κ1) is 9.96. The molecule has 0 saturated heterocycles. The lowest BCUT2D eigenvalue weighted by molar-refractivity contribution is 0.286. The Balaban J connectivity index is 3.21. The van der Waals surface area contributed by atoms with E-state index in [9.17, 15) is 0 Å². The molecular weight excluding hydrogens is 122 g/mol. The number of hydrogen-bond acceptors (Lipinski definition) is 1. The Labute approximate surface area is 65.4 Å². The van der Waals surface area contributed by atoms with Crippen molar-refractivity contribution in [3.8, 4) is 0 Å². The summed E-state index contributed by atoms with van der Waals surface area (Å²) in [5.41, 5.74) is 0. The summed E-state index contributed by atoms with van der Waals surface area (Å²) in [5.74, 6) is 0. The smallest absolute Gasteiger partial charge is 0.00189 e. The molecular formula is C9H20N. The minimum Gasteiger partial charge on any atom is -0.304 e. The van der Waals surface area contributed by atoms with Crippen LogP contribution in [-0.2, 0) is 0 Å². The van der Waals surface area contributed by atoms with Gasteiger partial charge in [-0.15, -0.1) is 0 Å². The van der Waals surface area contributed by atoms with Crippen LogP contribution in [0, 0.1) is 6.92 Å². The Morgan fingerprint density at radius 2 is 1.90 bits per heavy atom. The predicted molar refractivity (Wildman–Crippen MR) is 47.0 cm³/mol. The molecule has 0 saturated carbocycles. The molecule has 1 heteroatoms. The fourth-order valence-corrected chi connectivity index (χ4v) is 1.08. The van der Waals surface area contributed by atoms with Crippen LogP contribution in [0.5, 0.6) is 0 Å². The molecule has 0 spiro atoms. The van der Waals surface area contributed by atoms with E-state index in [4.69, 9.17) is 0 Å². The molecule has 0 aliphatic rings. The highest BCUT2D eigenvalue weighted by Crippen LogP contribution is 1.94. The van der Waals surface area contributed by atoms with Gasteiger partial charge in [-0.2, -0.15) is 0 Å². The van der Waals surface area contributed by atoms with Crippen LogP contribution in [0.15, 0.2) is 0 Å². The third kappa shape index (κ3) is 4.80. The van der Waals surface area contributed by atoms with Gasteiger partial charge in [0.05, 0.1) is 0 Å². The van der Waals surface area contributed by atoms with Crippen molar-refractivity contribution in [1.29, 1.82) is 0 Å². The third-order valence-electron chi connectivity index (χ3n) is 1.71. The van der Waals surface area contributed by atoms with E-state index in [2.05, 4.69) is 25.7 Å². The molecule has 0 bridgehead atoms. The lowest BCUT2D eigenvalue weighted by Crippen LogP contribution is -2.25. The van der Waals surface area contributed by atoms with Gasteiger partial charge in [0.2, 0.25) is 0 Å². The first-order valence-electron chi connectivity index (χ1n) is 4.36. The monoisotopic (exact) mass is 142 g/mol. The van der Waals surface area contributed by atoms with Crippen molar-refractivity contribution in [2.24, 2.45) is 0 Å². The van der Waals surface area contributed by atoms with Crippen molar-refractivity contribution in [2.75, 3.05) is 19.6 Å². The summed E-state index contributed by atoms with van der Waals surface area (Å²) in [6.07, 6.45) is 3.58. The zero-order valence-electron chi connectivity index (χ0n) is 7.40. The molecule has 0 aliphatic heterocycles. The Morgan fingerprint density at radius 3 is 2.30 bits per heavy atom. The zero-order chi connectivity index (χ0) is 7.82. The van der Waals surface area contributed by atoms with E-state index in [1.54, 1.807) is 0 Å². The maximum Gasteiger partial charge on any atom is -0.00189 e. The number of hydrogen-bond donors (Lipinski definition) is 0. The standard InChI is InChI=1S/C9H20N/c1-4-7-9-10(6-3)8-5-2/h1,4-9H2,2-3H3. The minimum absolute atomic E-state index is 1.07. The molecule has 0 N–H and O–H groups in total. The maximum atomic E-state index is 3.83. The van der Waals surface area contributed by atoms with E-state index < -0.39 is 0 Å². The third-order valence-corrected chi connectivity index (χ3v) is 1.71. The summed E-state index contributed by atoms with van der Waals surface area (Å²) in [7, 11) is 0. The molecule has 0 aliphatic carbocycles. The molecule has 0 rings (SSSR count). The highest BCUT2D eigenvalue weighted by Gasteiger charge is 1.97. The zero-order valence-corrected chi connectivity index (χ0v) is 7.40. The van der Waals surface area contributed by atoms with Gasteiger partial charge in [-0.1, -0.05) is 27.2 Å². The summed E-state index contributed by atoms with van der Waals surface area (Å²) in [5, 5.41) is 0. The SMILES string of the molecule is [CH2]CCCN(CC)CCC. The molecule has 0 atom stereocenters. The van der Waals surface area contributed by atoms with Gasteiger partial charge in [-0.25, -0.2) is 0 Å². The van der Waals surface area contributed by atoms with Gasteiger partial charge in [0.25, 0.3) is 0 Å². The molecule has 0 heterocycles. The van der Waals surface area contributed by atoms with E-state index in [0.29, 0.717) is 0 Å². The Morgan fingerprint density at radius 1 is 1.20 bits per heavy atom. The first-order valence-corrected chi connectivity index (χ1v) is 4.36. The van der Waals surface area contributed by atoms with Crippen molar-refractivity contribution in [1.82, 2.24) is 4.90 Å². The fourth-order valence-electron chi connectivity index (χ4n) is 1.08. The van der Waals surface area contributed by atoms with Crippen LogP contribution >= 0.6 is 0 Å². The lowest BCUT2D eigenvalue weighted by atomic mass is 10.3. The molecule has 1 nitrogen and oxygen atoms in total. The van der Waals surface area contributed by atoms with Gasteiger partial charge in [0, 0.05) is 0 Å². The largest absolute Gasteiger partial charge is 0.304 e. The van der Waals surface area contributed by atoms with Gasteiger partial charge >= 0.3 is 0 Å². The fraction of sp³-hybridized carbons (Fsp3) is 0.889. The van der Waals surface area contributed by atoms with E-state index in [1.807, 2.05) is 0 Å². The van der Waals surface area contributed by atoms with Crippen molar-refractivity contribution >= 4 is 0 Å². The van der Waals surface area contributed by atoms with Gasteiger partial charge in [-0.05, 0) is 32.5 Å².